The number of pyridine rings is 1. The summed E-state index contributed by atoms with van der Waals surface area (Å²) in [6.07, 6.45) is 2.59. The fourth-order valence-corrected chi connectivity index (χ4v) is 4.01. The van der Waals surface area contributed by atoms with Gasteiger partial charge >= 0.3 is 0 Å². The first-order chi connectivity index (χ1) is 16.0. The van der Waals surface area contributed by atoms with Gasteiger partial charge in [-0.1, -0.05) is 32.9 Å². The molecule has 2 heterocycles. The number of nitrogens with one attached hydrogen (secondary N) is 1. The highest BCUT2D eigenvalue weighted by Gasteiger charge is 2.30. The zero-order chi connectivity index (χ0) is 23.8. The lowest BCUT2D eigenvalue weighted by Crippen LogP contribution is -2.39. The van der Waals surface area contributed by atoms with Gasteiger partial charge in [-0.2, -0.15) is 0 Å². The van der Waals surface area contributed by atoms with E-state index in [9.17, 15) is 14.4 Å². The number of carbonyl (C=O) groups excluding carboxylic acids is 3. The Bertz CT molecular complexity index is 990. The summed E-state index contributed by atoms with van der Waals surface area (Å²) < 4.78 is 0. The molecule has 2 aromatic rings. The predicted octanol–water partition coefficient (Wildman–Crippen LogP) is 3.67. The minimum absolute atomic E-state index is 0.0306. The van der Waals surface area contributed by atoms with Gasteiger partial charge in [-0.25, -0.2) is 4.98 Å². The van der Waals surface area contributed by atoms with Gasteiger partial charge in [0, 0.05) is 38.7 Å². The number of fused-ring (bicyclic) bond motifs is 2. The highest BCUT2D eigenvalue weighted by molar-refractivity contribution is 6.17. The van der Waals surface area contributed by atoms with Gasteiger partial charge < -0.3 is 15.1 Å². The molecule has 0 fully saturated rings. The first kappa shape index (κ1) is 24.4. The van der Waals surface area contributed by atoms with Crippen molar-refractivity contribution in [1.29, 1.82) is 0 Å². The van der Waals surface area contributed by atoms with Crippen molar-refractivity contribution in [1.82, 2.24) is 14.8 Å². The maximum Gasteiger partial charge on any atom is 0.257 e. The molecule has 1 aliphatic heterocycles. The lowest BCUT2D eigenvalue weighted by Gasteiger charge is -2.27. The van der Waals surface area contributed by atoms with Gasteiger partial charge in [0.1, 0.15) is 0 Å². The first-order valence-electron chi connectivity index (χ1n) is 11.7. The number of hydrogen-bond donors (Lipinski definition) is 1. The summed E-state index contributed by atoms with van der Waals surface area (Å²) in [7, 11) is 0. The van der Waals surface area contributed by atoms with Gasteiger partial charge in [-0.3, -0.25) is 19.3 Å². The highest BCUT2D eigenvalue weighted by atomic mass is 16.2. The summed E-state index contributed by atoms with van der Waals surface area (Å²) in [6.45, 7) is 10.3. The minimum atomic E-state index is -0.295. The monoisotopic (exact) mass is 451 g/mol. The van der Waals surface area contributed by atoms with Crippen LogP contribution in [0.3, 0.4) is 0 Å². The molecule has 3 amide bonds. The van der Waals surface area contributed by atoms with Crippen molar-refractivity contribution in [3.63, 3.8) is 0 Å². The molecule has 0 radical (unpaired) electrons. The molecule has 0 spiro atoms. The molecule has 3 rings (SSSR count). The van der Waals surface area contributed by atoms with Crippen LogP contribution in [0.1, 0.15) is 50.4 Å². The topological polar surface area (TPSA) is 85.9 Å². The Labute approximate surface area is 195 Å². The molecule has 8 nitrogen and oxygen atoms in total. The summed E-state index contributed by atoms with van der Waals surface area (Å²) in [5.74, 6) is -0.236. The smallest absolute Gasteiger partial charge is 0.257 e. The van der Waals surface area contributed by atoms with Gasteiger partial charge in [0.15, 0.2) is 5.82 Å². The number of anilines is 3. The number of rotatable bonds is 10. The third-order valence-corrected chi connectivity index (χ3v) is 5.87. The predicted molar refractivity (Wildman–Crippen MR) is 130 cm³/mol. The van der Waals surface area contributed by atoms with E-state index >= 15 is 0 Å². The van der Waals surface area contributed by atoms with E-state index in [0.29, 0.717) is 35.8 Å². The van der Waals surface area contributed by atoms with Crippen LogP contribution in [0, 0.1) is 0 Å². The molecule has 0 saturated heterocycles. The lowest BCUT2D eigenvalue weighted by molar-refractivity contribution is -0.133. The minimum Gasteiger partial charge on any atom is -0.341 e. The molecular formula is C25H33N5O3. The van der Waals surface area contributed by atoms with Gasteiger partial charge in [-0.15, -0.1) is 0 Å². The van der Waals surface area contributed by atoms with E-state index in [-0.39, 0.29) is 30.6 Å². The molecule has 33 heavy (non-hydrogen) atoms. The van der Waals surface area contributed by atoms with Crippen molar-refractivity contribution in [2.75, 3.05) is 42.9 Å². The molecule has 1 aromatic carbocycles. The normalized spacial score (nSPS) is 12.6. The van der Waals surface area contributed by atoms with E-state index in [0.717, 1.165) is 26.1 Å². The summed E-state index contributed by atoms with van der Waals surface area (Å²) in [5, 5.41) is 2.83. The molecule has 0 aliphatic carbocycles. The van der Waals surface area contributed by atoms with E-state index in [1.807, 2.05) is 11.8 Å². The van der Waals surface area contributed by atoms with Crippen LogP contribution in [0.4, 0.5) is 17.2 Å². The fraction of sp³-hybridized carbons (Fsp3) is 0.440. The first-order valence-corrected chi connectivity index (χ1v) is 11.7. The number of amides is 3. The molecule has 1 N–H and O–H groups in total. The van der Waals surface area contributed by atoms with Gasteiger partial charge in [0.25, 0.3) is 5.91 Å². The number of likely N-dealkylation sites (N-methyl/N-ethyl adjacent to an activating group) is 1. The van der Waals surface area contributed by atoms with Crippen molar-refractivity contribution in [3.05, 3.63) is 48.2 Å². The Morgan fingerprint density at radius 1 is 0.970 bits per heavy atom. The van der Waals surface area contributed by atoms with Crippen LogP contribution in [0.25, 0.3) is 0 Å². The quantitative estimate of drug-likeness (QED) is 0.596. The van der Waals surface area contributed by atoms with Crippen LogP contribution in [0.2, 0.25) is 0 Å². The van der Waals surface area contributed by atoms with Crippen LogP contribution in [0.15, 0.2) is 42.6 Å². The van der Waals surface area contributed by atoms with E-state index in [4.69, 9.17) is 0 Å². The molecule has 0 saturated carbocycles. The number of benzene rings is 1. The summed E-state index contributed by atoms with van der Waals surface area (Å²) in [4.78, 5) is 49.0. The van der Waals surface area contributed by atoms with E-state index in [1.165, 1.54) is 4.90 Å². The van der Waals surface area contributed by atoms with Crippen molar-refractivity contribution in [2.24, 2.45) is 0 Å². The summed E-state index contributed by atoms with van der Waals surface area (Å²) in [6, 6.07) is 10.4. The Morgan fingerprint density at radius 3 is 2.45 bits per heavy atom. The number of nitrogens with zero attached hydrogens (tertiary/aromatic N) is 4. The third kappa shape index (κ3) is 5.76. The second-order valence-electron chi connectivity index (χ2n) is 7.98. The van der Waals surface area contributed by atoms with E-state index in [1.54, 1.807) is 42.6 Å². The van der Waals surface area contributed by atoms with Crippen LogP contribution >= 0.6 is 0 Å². The number of hydrogen-bond acceptors (Lipinski definition) is 5. The maximum atomic E-state index is 13.4. The maximum absolute atomic E-state index is 13.4. The van der Waals surface area contributed by atoms with Gasteiger partial charge in [-0.05, 0) is 43.8 Å². The van der Waals surface area contributed by atoms with Crippen molar-refractivity contribution < 1.29 is 14.4 Å². The van der Waals surface area contributed by atoms with Crippen molar-refractivity contribution in [2.45, 2.75) is 40.0 Å². The summed E-state index contributed by atoms with van der Waals surface area (Å²) in [5.41, 5.74) is 1.32. The molecule has 176 valence electrons. The SMILES string of the molecule is CCCN(CCN(CC)CC)C(=O)CCC(=O)N1c2ccccc2C(=O)Nc2cccnc21. The van der Waals surface area contributed by atoms with Gasteiger partial charge in [0.2, 0.25) is 11.8 Å². The Kier molecular flexibility index (Phi) is 8.54. The third-order valence-electron chi connectivity index (χ3n) is 5.87. The van der Waals surface area contributed by atoms with Crippen LogP contribution in [-0.2, 0) is 9.59 Å². The lowest BCUT2D eigenvalue weighted by atomic mass is 10.1. The van der Waals surface area contributed by atoms with Crippen LogP contribution < -0.4 is 10.2 Å². The molecule has 1 aromatic heterocycles. The standard InChI is InChI=1S/C25H33N5O3/c1-4-16-29(18-17-28(5-2)6-3)22(31)13-14-23(32)30-21-12-8-7-10-19(21)25(33)27-20-11-9-15-26-24(20)30/h7-12,15H,4-6,13-14,16-18H2,1-3H3,(H,27,33). The summed E-state index contributed by atoms with van der Waals surface area (Å²) >= 11 is 0. The average molecular weight is 452 g/mol. The van der Waals surface area contributed by atoms with Gasteiger partial charge in [0.05, 0.1) is 16.9 Å². The Morgan fingerprint density at radius 2 is 1.73 bits per heavy atom. The zero-order valence-electron chi connectivity index (χ0n) is 19.7. The van der Waals surface area contributed by atoms with Crippen LogP contribution in [0.5, 0.6) is 0 Å². The average Bonchev–Trinajstić information content (AvgIpc) is 2.96. The second-order valence-corrected chi connectivity index (χ2v) is 7.98. The molecule has 0 bridgehead atoms. The molecule has 1 aliphatic rings. The Hall–Kier alpha value is -3.26. The number of aromatic nitrogens is 1. The molecule has 8 heteroatoms. The molecular weight excluding hydrogens is 418 g/mol. The number of para-hydroxylation sites is 1. The fourth-order valence-electron chi connectivity index (χ4n) is 4.01. The van der Waals surface area contributed by atoms with Crippen molar-refractivity contribution in [3.8, 4) is 0 Å². The Balaban J connectivity index is 1.77. The van der Waals surface area contributed by atoms with Crippen LogP contribution in [-0.4, -0.2) is 65.2 Å². The van der Waals surface area contributed by atoms with Crippen molar-refractivity contribution >= 4 is 34.9 Å². The molecule has 0 unspecified atom stereocenters. The largest absolute Gasteiger partial charge is 0.341 e. The van der Waals surface area contributed by atoms with E-state index < -0.39 is 0 Å². The second kappa shape index (κ2) is 11.6. The number of carbonyl (C=O) groups is 3. The highest BCUT2D eigenvalue weighted by Crippen LogP contribution is 2.36. The zero-order valence-corrected chi connectivity index (χ0v) is 19.7. The van der Waals surface area contributed by atoms with E-state index in [2.05, 4.69) is 29.0 Å². The molecule has 0 atom stereocenters.